The van der Waals surface area contributed by atoms with Crippen LogP contribution in [0.3, 0.4) is 0 Å². The molecule has 1 saturated heterocycles. The first-order chi connectivity index (χ1) is 11.6. The van der Waals surface area contributed by atoms with E-state index < -0.39 is 0 Å². The van der Waals surface area contributed by atoms with E-state index in [0.717, 1.165) is 17.8 Å². The normalized spacial score (nSPS) is 20.1. The lowest BCUT2D eigenvalue weighted by Crippen LogP contribution is -2.31. The highest BCUT2D eigenvalue weighted by Crippen LogP contribution is 2.33. The minimum absolute atomic E-state index is 0.0288. The fourth-order valence-electron chi connectivity index (χ4n) is 2.97. The molecule has 1 aliphatic rings. The van der Waals surface area contributed by atoms with Crippen LogP contribution < -0.4 is 10.2 Å². The van der Waals surface area contributed by atoms with Gasteiger partial charge in [-0.1, -0.05) is 0 Å². The van der Waals surface area contributed by atoms with Gasteiger partial charge in [-0.05, 0) is 24.6 Å². The number of rotatable bonds is 5. The highest BCUT2D eigenvalue weighted by molar-refractivity contribution is 5.93. The predicted octanol–water partition coefficient (Wildman–Crippen LogP) is 1.39. The fraction of sp³-hybridized carbons (Fsp3) is 0.471. The van der Waals surface area contributed by atoms with Gasteiger partial charge in [0.2, 0.25) is 0 Å². The van der Waals surface area contributed by atoms with Crippen molar-refractivity contribution in [3.05, 3.63) is 42.0 Å². The van der Waals surface area contributed by atoms with Crippen molar-refractivity contribution in [3.63, 3.8) is 0 Å². The quantitative estimate of drug-likeness (QED) is 0.897. The van der Waals surface area contributed by atoms with E-state index in [-0.39, 0.29) is 17.9 Å². The highest BCUT2D eigenvalue weighted by Gasteiger charge is 2.31. The summed E-state index contributed by atoms with van der Waals surface area (Å²) in [4.78, 5) is 18.5. The Hall–Kier alpha value is -2.41. The van der Waals surface area contributed by atoms with E-state index in [0.29, 0.717) is 18.8 Å². The summed E-state index contributed by atoms with van der Waals surface area (Å²) >= 11 is 0. The first-order valence-corrected chi connectivity index (χ1v) is 8.07. The molecule has 0 radical (unpaired) electrons. The van der Waals surface area contributed by atoms with Crippen molar-refractivity contribution in [2.45, 2.75) is 12.5 Å². The number of aryl methyl sites for hydroxylation is 1. The van der Waals surface area contributed by atoms with Gasteiger partial charge in [0.1, 0.15) is 11.8 Å². The lowest BCUT2D eigenvalue weighted by molar-refractivity contribution is 0.0799. The SMILES string of the molecule is CN(C)c1ccnc(C(=O)NC[C@@H]2CCO[C@H]2c2ccnn2C)c1. The molecule has 1 fully saturated rings. The molecule has 0 unspecified atom stereocenters. The van der Waals surface area contributed by atoms with E-state index in [2.05, 4.69) is 15.4 Å². The zero-order valence-electron chi connectivity index (χ0n) is 14.3. The largest absolute Gasteiger partial charge is 0.378 e. The molecule has 24 heavy (non-hydrogen) atoms. The summed E-state index contributed by atoms with van der Waals surface area (Å²) in [5, 5.41) is 7.19. The molecule has 2 aromatic rings. The van der Waals surface area contributed by atoms with Gasteiger partial charge < -0.3 is 15.0 Å². The Kier molecular flexibility index (Phi) is 4.80. The van der Waals surface area contributed by atoms with Crippen molar-refractivity contribution in [1.82, 2.24) is 20.1 Å². The smallest absolute Gasteiger partial charge is 0.269 e. The Balaban J connectivity index is 1.63. The molecule has 0 aliphatic carbocycles. The van der Waals surface area contributed by atoms with Gasteiger partial charge in [0, 0.05) is 58.3 Å². The zero-order valence-corrected chi connectivity index (χ0v) is 14.3. The van der Waals surface area contributed by atoms with Crippen molar-refractivity contribution >= 4 is 11.6 Å². The molecule has 2 atom stereocenters. The standard InChI is InChI=1S/C17H23N5O2/c1-21(2)13-4-7-18-14(10-13)17(23)19-11-12-6-9-24-16(12)15-5-8-20-22(15)3/h4-5,7-8,10,12,16H,6,9,11H2,1-3H3,(H,19,23)/t12-,16+/m0/s1. The molecular formula is C17H23N5O2. The van der Waals surface area contributed by atoms with Gasteiger partial charge in [0.25, 0.3) is 5.91 Å². The molecule has 1 N–H and O–H groups in total. The third-order valence-corrected chi connectivity index (χ3v) is 4.38. The Morgan fingerprint density at radius 1 is 1.42 bits per heavy atom. The number of hydrogen-bond donors (Lipinski definition) is 1. The molecular weight excluding hydrogens is 306 g/mol. The van der Waals surface area contributed by atoms with Gasteiger partial charge in [-0.15, -0.1) is 0 Å². The number of amides is 1. The maximum absolute atomic E-state index is 12.4. The van der Waals surface area contributed by atoms with Crippen LogP contribution >= 0.6 is 0 Å². The van der Waals surface area contributed by atoms with Crippen LogP contribution in [0, 0.1) is 5.92 Å². The summed E-state index contributed by atoms with van der Waals surface area (Å²) in [6.07, 6.45) is 4.31. The molecule has 0 spiro atoms. The molecule has 3 heterocycles. The number of nitrogens with zero attached hydrogens (tertiary/aromatic N) is 4. The number of carbonyl (C=O) groups is 1. The molecule has 0 bridgehead atoms. The van der Waals surface area contributed by atoms with Crippen LogP contribution in [0.2, 0.25) is 0 Å². The summed E-state index contributed by atoms with van der Waals surface area (Å²) < 4.78 is 7.67. The van der Waals surface area contributed by atoms with E-state index in [9.17, 15) is 4.79 Å². The number of pyridine rings is 1. The average molecular weight is 329 g/mol. The monoisotopic (exact) mass is 329 g/mol. The van der Waals surface area contributed by atoms with Crippen LogP contribution in [0.15, 0.2) is 30.6 Å². The second-order valence-corrected chi connectivity index (χ2v) is 6.22. The predicted molar refractivity (Wildman–Crippen MR) is 90.9 cm³/mol. The molecule has 0 saturated carbocycles. The zero-order chi connectivity index (χ0) is 17.1. The summed E-state index contributed by atoms with van der Waals surface area (Å²) in [6.45, 7) is 1.26. The lowest BCUT2D eigenvalue weighted by atomic mass is 9.99. The van der Waals surface area contributed by atoms with Crippen LogP contribution in [0.1, 0.15) is 28.7 Å². The molecule has 3 rings (SSSR count). The molecule has 2 aromatic heterocycles. The van der Waals surface area contributed by atoms with Gasteiger partial charge in [0.15, 0.2) is 0 Å². The van der Waals surface area contributed by atoms with Crippen LogP contribution in [-0.4, -0.2) is 47.9 Å². The minimum Gasteiger partial charge on any atom is -0.378 e. The molecule has 7 nitrogen and oxygen atoms in total. The third kappa shape index (κ3) is 3.41. The average Bonchev–Trinajstić information content (AvgIpc) is 3.20. The van der Waals surface area contributed by atoms with Crippen molar-refractivity contribution in [3.8, 4) is 0 Å². The number of hydrogen-bond acceptors (Lipinski definition) is 5. The van der Waals surface area contributed by atoms with E-state index in [1.165, 1.54) is 0 Å². The summed E-state index contributed by atoms with van der Waals surface area (Å²) in [7, 11) is 5.78. The third-order valence-electron chi connectivity index (χ3n) is 4.38. The first-order valence-electron chi connectivity index (χ1n) is 8.07. The summed E-state index contributed by atoms with van der Waals surface area (Å²) in [6, 6.07) is 5.63. The van der Waals surface area contributed by atoms with Crippen molar-refractivity contribution in [2.75, 3.05) is 32.1 Å². The maximum Gasteiger partial charge on any atom is 0.269 e. The van der Waals surface area contributed by atoms with E-state index >= 15 is 0 Å². The maximum atomic E-state index is 12.4. The van der Waals surface area contributed by atoms with E-state index in [1.807, 2.05) is 42.9 Å². The first kappa shape index (κ1) is 16.4. The van der Waals surface area contributed by atoms with Crippen LogP contribution in [-0.2, 0) is 11.8 Å². The second-order valence-electron chi connectivity index (χ2n) is 6.22. The minimum atomic E-state index is -0.158. The van der Waals surface area contributed by atoms with E-state index in [1.54, 1.807) is 18.5 Å². The topological polar surface area (TPSA) is 72.3 Å². The second kappa shape index (κ2) is 7.00. The van der Waals surface area contributed by atoms with Crippen LogP contribution in [0.4, 0.5) is 5.69 Å². The van der Waals surface area contributed by atoms with Crippen molar-refractivity contribution in [1.29, 1.82) is 0 Å². The Labute approximate surface area is 141 Å². The van der Waals surface area contributed by atoms with Gasteiger partial charge in [-0.25, -0.2) is 0 Å². The van der Waals surface area contributed by atoms with Gasteiger partial charge in [-0.3, -0.25) is 14.5 Å². The number of anilines is 1. The molecule has 7 heteroatoms. The van der Waals surface area contributed by atoms with Crippen molar-refractivity contribution < 1.29 is 9.53 Å². The lowest BCUT2D eigenvalue weighted by Gasteiger charge is -2.19. The molecule has 1 amide bonds. The van der Waals surface area contributed by atoms with Gasteiger partial charge >= 0.3 is 0 Å². The Morgan fingerprint density at radius 3 is 2.96 bits per heavy atom. The van der Waals surface area contributed by atoms with Crippen molar-refractivity contribution in [2.24, 2.45) is 13.0 Å². The van der Waals surface area contributed by atoms with E-state index in [4.69, 9.17) is 4.74 Å². The number of carbonyl (C=O) groups excluding carboxylic acids is 1. The van der Waals surface area contributed by atoms with Gasteiger partial charge in [0.05, 0.1) is 5.69 Å². The van der Waals surface area contributed by atoms with Crippen LogP contribution in [0.25, 0.3) is 0 Å². The number of nitrogens with one attached hydrogen (secondary N) is 1. The van der Waals surface area contributed by atoms with Gasteiger partial charge in [-0.2, -0.15) is 5.10 Å². The Morgan fingerprint density at radius 2 is 2.25 bits per heavy atom. The molecule has 1 aliphatic heterocycles. The number of ether oxygens (including phenoxy) is 1. The Bertz CT molecular complexity index is 713. The number of aromatic nitrogens is 3. The fourth-order valence-corrected chi connectivity index (χ4v) is 2.97. The highest BCUT2D eigenvalue weighted by atomic mass is 16.5. The van der Waals surface area contributed by atoms with Crippen LogP contribution in [0.5, 0.6) is 0 Å². The summed E-state index contributed by atoms with van der Waals surface area (Å²) in [5.74, 6) is 0.0794. The molecule has 128 valence electrons. The molecule has 0 aromatic carbocycles. The summed E-state index contributed by atoms with van der Waals surface area (Å²) in [5.41, 5.74) is 2.42.